The van der Waals surface area contributed by atoms with Crippen LogP contribution >= 0.6 is 11.6 Å². The second kappa shape index (κ2) is 6.21. The summed E-state index contributed by atoms with van der Waals surface area (Å²) < 4.78 is 5.28. The molecule has 5 heteroatoms. The monoisotopic (exact) mass is 278 g/mol. The molecular weight excluding hydrogens is 256 g/mol. The lowest BCUT2D eigenvalue weighted by Gasteiger charge is -2.28. The summed E-state index contributed by atoms with van der Waals surface area (Å²) in [5.41, 5.74) is 0. The molecule has 1 rings (SSSR count). The van der Waals surface area contributed by atoms with Gasteiger partial charge in [0.25, 0.3) is 0 Å². The van der Waals surface area contributed by atoms with Gasteiger partial charge in [-0.05, 0) is 25.3 Å². The SMILES string of the molecule is C[Si](C)(C)CCOC(=O)C1CCC(Cl)C(O)C1. The fourth-order valence-corrected chi connectivity index (χ4v) is 2.84. The van der Waals surface area contributed by atoms with Gasteiger partial charge < -0.3 is 9.84 Å². The van der Waals surface area contributed by atoms with E-state index in [1.807, 2.05) is 0 Å². The number of halogens is 1. The smallest absolute Gasteiger partial charge is 0.309 e. The standard InChI is InChI=1S/C12H23ClO3Si/c1-17(2,3)7-6-16-12(15)9-4-5-10(13)11(14)8-9/h9-11,14H,4-8H2,1-3H3. The van der Waals surface area contributed by atoms with Crippen LogP contribution in [0.5, 0.6) is 0 Å². The molecule has 1 saturated carbocycles. The minimum Gasteiger partial charge on any atom is -0.466 e. The Morgan fingerprint density at radius 2 is 2.06 bits per heavy atom. The van der Waals surface area contributed by atoms with E-state index in [4.69, 9.17) is 16.3 Å². The fourth-order valence-electron chi connectivity index (χ4n) is 1.90. The van der Waals surface area contributed by atoms with Crippen LogP contribution in [0.2, 0.25) is 25.7 Å². The van der Waals surface area contributed by atoms with E-state index < -0.39 is 14.2 Å². The average molecular weight is 279 g/mol. The van der Waals surface area contributed by atoms with Crippen molar-refractivity contribution in [3.05, 3.63) is 0 Å². The number of hydrogen-bond donors (Lipinski definition) is 1. The van der Waals surface area contributed by atoms with E-state index in [9.17, 15) is 9.90 Å². The molecule has 0 bridgehead atoms. The number of carbonyl (C=O) groups is 1. The van der Waals surface area contributed by atoms with Crippen LogP contribution in [0, 0.1) is 5.92 Å². The molecular formula is C12H23ClO3Si. The first kappa shape index (κ1) is 15.0. The summed E-state index contributed by atoms with van der Waals surface area (Å²) in [6.07, 6.45) is 1.30. The van der Waals surface area contributed by atoms with Crippen LogP contribution < -0.4 is 0 Å². The van der Waals surface area contributed by atoms with Crippen molar-refractivity contribution in [2.45, 2.75) is 56.4 Å². The van der Waals surface area contributed by atoms with Crippen LogP contribution in [0.4, 0.5) is 0 Å². The Hall–Kier alpha value is -0.0631. The van der Waals surface area contributed by atoms with Gasteiger partial charge in [-0.15, -0.1) is 11.6 Å². The third-order valence-electron chi connectivity index (χ3n) is 3.16. The molecule has 100 valence electrons. The van der Waals surface area contributed by atoms with Gasteiger partial charge >= 0.3 is 5.97 Å². The third kappa shape index (κ3) is 5.40. The van der Waals surface area contributed by atoms with Gasteiger partial charge in [0, 0.05) is 8.07 Å². The Bertz CT molecular complexity index is 265. The molecule has 0 aromatic rings. The van der Waals surface area contributed by atoms with Crippen LogP contribution in [0.25, 0.3) is 0 Å². The summed E-state index contributed by atoms with van der Waals surface area (Å²) in [6.45, 7) is 7.28. The van der Waals surface area contributed by atoms with E-state index in [0.717, 1.165) is 12.5 Å². The first-order valence-corrected chi connectivity index (χ1v) is 10.4. The summed E-state index contributed by atoms with van der Waals surface area (Å²) in [4.78, 5) is 11.8. The highest BCUT2D eigenvalue weighted by atomic mass is 35.5. The van der Waals surface area contributed by atoms with Crippen LogP contribution in [-0.2, 0) is 9.53 Å². The molecule has 1 aliphatic rings. The van der Waals surface area contributed by atoms with E-state index in [0.29, 0.717) is 19.4 Å². The zero-order valence-electron chi connectivity index (χ0n) is 10.9. The van der Waals surface area contributed by atoms with Gasteiger partial charge in [-0.2, -0.15) is 0 Å². The van der Waals surface area contributed by atoms with E-state index in [1.165, 1.54) is 0 Å². The quantitative estimate of drug-likeness (QED) is 0.489. The van der Waals surface area contributed by atoms with Crippen molar-refractivity contribution in [2.75, 3.05) is 6.61 Å². The predicted molar refractivity (Wildman–Crippen MR) is 72.1 cm³/mol. The Morgan fingerprint density at radius 3 is 2.59 bits per heavy atom. The van der Waals surface area contributed by atoms with Crippen molar-refractivity contribution in [3.63, 3.8) is 0 Å². The summed E-state index contributed by atoms with van der Waals surface area (Å²) >= 11 is 5.90. The number of aliphatic hydroxyl groups excluding tert-OH is 1. The molecule has 1 fully saturated rings. The number of alkyl halides is 1. The zero-order valence-corrected chi connectivity index (χ0v) is 12.7. The molecule has 0 saturated heterocycles. The van der Waals surface area contributed by atoms with Crippen molar-refractivity contribution in [3.8, 4) is 0 Å². The summed E-state index contributed by atoms with van der Waals surface area (Å²) in [7, 11) is -1.15. The van der Waals surface area contributed by atoms with Crippen molar-refractivity contribution in [1.82, 2.24) is 0 Å². The van der Waals surface area contributed by atoms with Crippen LogP contribution in [0.15, 0.2) is 0 Å². The van der Waals surface area contributed by atoms with E-state index >= 15 is 0 Å². The highest BCUT2D eigenvalue weighted by molar-refractivity contribution is 6.76. The van der Waals surface area contributed by atoms with Gasteiger partial charge in [-0.3, -0.25) is 4.79 Å². The molecule has 3 atom stereocenters. The fraction of sp³-hybridized carbons (Fsp3) is 0.917. The number of carbonyl (C=O) groups excluding carboxylic acids is 1. The second-order valence-electron chi connectivity index (χ2n) is 6.07. The highest BCUT2D eigenvalue weighted by Gasteiger charge is 2.32. The van der Waals surface area contributed by atoms with Crippen LogP contribution in [-0.4, -0.2) is 37.2 Å². The topological polar surface area (TPSA) is 46.5 Å². The molecule has 0 spiro atoms. The molecule has 3 nitrogen and oxygen atoms in total. The lowest BCUT2D eigenvalue weighted by atomic mass is 9.87. The van der Waals surface area contributed by atoms with Gasteiger partial charge in [0.05, 0.1) is 24.0 Å². The molecule has 1 aliphatic carbocycles. The number of rotatable bonds is 4. The van der Waals surface area contributed by atoms with Crippen molar-refractivity contribution < 1.29 is 14.6 Å². The minimum atomic E-state index is -1.15. The minimum absolute atomic E-state index is 0.161. The van der Waals surface area contributed by atoms with E-state index in [1.54, 1.807) is 0 Å². The molecule has 17 heavy (non-hydrogen) atoms. The summed E-state index contributed by atoms with van der Waals surface area (Å²) in [6, 6.07) is 0.992. The van der Waals surface area contributed by atoms with Crippen molar-refractivity contribution in [2.24, 2.45) is 5.92 Å². The zero-order chi connectivity index (χ0) is 13.1. The van der Waals surface area contributed by atoms with Gasteiger partial charge in [-0.25, -0.2) is 0 Å². The number of aliphatic hydroxyl groups is 1. The second-order valence-corrected chi connectivity index (χ2v) is 12.3. The van der Waals surface area contributed by atoms with Crippen molar-refractivity contribution >= 4 is 25.6 Å². The van der Waals surface area contributed by atoms with Gasteiger partial charge in [0.2, 0.25) is 0 Å². The molecule has 0 amide bonds. The lowest BCUT2D eigenvalue weighted by Crippen LogP contribution is -2.34. The summed E-state index contributed by atoms with van der Waals surface area (Å²) in [5.74, 6) is -0.326. The van der Waals surface area contributed by atoms with Crippen LogP contribution in [0.1, 0.15) is 19.3 Å². The van der Waals surface area contributed by atoms with E-state index in [2.05, 4.69) is 19.6 Å². The largest absolute Gasteiger partial charge is 0.466 e. The summed E-state index contributed by atoms with van der Waals surface area (Å²) in [5, 5.41) is 9.41. The number of esters is 1. The molecule has 0 aromatic carbocycles. The lowest BCUT2D eigenvalue weighted by molar-refractivity contribution is -0.150. The van der Waals surface area contributed by atoms with Gasteiger partial charge in [0.15, 0.2) is 0 Å². The predicted octanol–water partition coefficient (Wildman–Crippen LogP) is 2.64. The molecule has 3 unspecified atom stereocenters. The normalized spacial score (nSPS) is 30.1. The van der Waals surface area contributed by atoms with Gasteiger partial charge in [-0.1, -0.05) is 19.6 Å². The molecule has 0 radical (unpaired) electrons. The highest BCUT2D eigenvalue weighted by Crippen LogP contribution is 2.29. The molecule has 0 aliphatic heterocycles. The van der Waals surface area contributed by atoms with E-state index in [-0.39, 0.29) is 17.3 Å². The Labute approximate surface area is 110 Å². The van der Waals surface area contributed by atoms with Gasteiger partial charge in [0.1, 0.15) is 0 Å². The maximum atomic E-state index is 11.8. The third-order valence-corrected chi connectivity index (χ3v) is 5.38. The Balaban J connectivity index is 2.29. The average Bonchev–Trinajstić information content (AvgIpc) is 2.20. The molecule has 1 N–H and O–H groups in total. The maximum Gasteiger partial charge on any atom is 0.309 e. The Kier molecular flexibility index (Phi) is 5.47. The first-order valence-electron chi connectivity index (χ1n) is 6.28. The Morgan fingerprint density at radius 1 is 1.41 bits per heavy atom. The molecule has 0 heterocycles. The number of ether oxygens (including phenoxy) is 1. The molecule has 0 aromatic heterocycles. The number of hydrogen-bond acceptors (Lipinski definition) is 3. The first-order chi connectivity index (χ1) is 7.79. The van der Waals surface area contributed by atoms with Crippen molar-refractivity contribution in [1.29, 1.82) is 0 Å². The van der Waals surface area contributed by atoms with Crippen LogP contribution in [0.3, 0.4) is 0 Å². The maximum absolute atomic E-state index is 11.8.